The lowest BCUT2D eigenvalue weighted by Gasteiger charge is -2.40. The fourth-order valence-electron chi connectivity index (χ4n) is 2.73. The molecule has 1 heterocycles. The van der Waals surface area contributed by atoms with Crippen LogP contribution in [0.5, 0.6) is 0 Å². The standard InChI is InChI=1S/C16H24N2O/c1-16(2)12-18(9-10-19-16)15-6-4-3-5-13(15)11-17-14-7-8-14/h3-6,14,17H,7-12H2,1-2H3. The van der Waals surface area contributed by atoms with Crippen LogP contribution in [0.3, 0.4) is 0 Å². The Labute approximate surface area is 115 Å². The molecule has 2 fully saturated rings. The molecule has 0 amide bonds. The molecule has 3 rings (SSSR count). The molecule has 0 spiro atoms. The lowest BCUT2D eigenvalue weighted by molar-refractivity contribution is -0.0277. The molecule has 0 aromatic heterocycles. The van der Waals surface area contributed by atoms with Gasteiger partial charge < -0.3 is 15.0 Å². The summed E-state index contributed by atoms with van der Waals surface area (Å²) in [6.07, 6.45) is 2.68. The van der Waals surface area contributed by atoms with Gasteiger partial charge in [-0.25, -0.2) is 0 Å². The largest absolute Gasteiger partial charge is 0.372 e. The number of morpholine rings is 1. The Hall–Kier alpha value is -1.06. The van der Waals surface area contributed by atoms with Gasteiger partial charge in [0.2, 0.25) is 0 Å². The van der Waals surface area contributed by atoms with Crippen molar-refractivity contribution in [2.75, 3.05) is 24.6 Å². The van der Waals surface area contributed by atoms with Crippen molar-refractivity contribution in [2.45, 2.75) is 44.9 Å². The molecule has 3 nitrogen and oxygen atoms in total. The molecule has 1 aromatic rings. The molecular weight excluding hydrogens is 236 g/mol. The minimum atomic E-state index is -0.0463. The number of hydrogen-bond donors (Lipinski definition) is 1. The van der Waals surface area contributed by atoms with Gasteiger partial charge >= 0.3 is 0 Å². The van der Waals surface area contributed by atoms with Crippen molar-refractivity contribution < 1.29 is 4.74 Å². The monoisotopic (exact) mass is 260 g/mol. The summed E-state index contributed by atoms with van der Waals surface area (Å²) in [5.41, 5.74) is 2.73. The topological polar surface area (TPSA) is 24.5 Å². The highest BCUT2D eigenvalue weighted by atomic mass is 16.5. The molecule has 0 atom stereocenters. The minimum absolute atomic E-state index is 0.0463. The molecule has 0 radical (unpaired) electrons. The lowest BCUT2D eigenvalue weighted by Crippen LogP contribution is -2.48. The van der Waals surface area contributed by atoms with E-state index in [1.807, 2.05) is 0 Å². The maximum absolute atomic E-state index is 5.81. The fraction of sp³-hybridized carbons (Fsp3) is 0.625. The van der Waals surface area contributed by atoms with Crippen molar-refractivity contribution in [2.24, 2.45) is 0 Å². The predicted octanol–water partition coefficient (Wildman–Crippen LogP) is 2.55. The molecule has 1 saturated heterocycles. The second-order valence-electron chi connectivity index (χ2n) is 6.31. The fourth-order valence-corrected chi connectivity index (χ4v) is 2.73. The van der Waals surface area contributed by atoms with E-state index in [0.29, 0.717) is 0 Å². The van der Waals surface area contributed by atoms with E-state index < -0.39 is 0 Å². The summed E-state index contributed by atoms with van der Waals surface area (Å²) >= 11 is 0. The number of anilines is 1. The van der Waals surface area contributed by atoms with Crippen LogP contribution in [-0.2, 0) is 11.3 Å². The van der Waals surface area contributed by atoms with Gasteiger partial charge in [-0.2, -0.15) is 0 Å². The summed E-state index contributed by atoms with van der Waals surface area (Å²) in [6, 6.07) is 9.52. The third kappa shape index (κ3) is 3.28. The van der Waals surface area contributed by atoms with E-state index >= 15 is 0 Å². The first kappa shape index (κ1) is 12.9. The number of nitrogens with one attached hydrogen (secondary N) is 1. The summed E-state index contributed by atoms with van der Waals surface area (Å²) < 4.78 is 5.81. The Balaban J connectivity index is 1.74. The third-order valence-corrected chi connectivity index (χ3v) is 3.92. The van der Waals surface area contributed by atoms with Gasteiger partial charge in [-0.05, 0) is 38.3 Å². The van der Waals surface area contributed by atoms with Gasteiger partial charge in [0.15, 0.2) is 0 Å². The Kier molecular flexibility index (Phi) is 3.50. The van der Waals surface area contributed by atoms with Gasteiger partial charge in [-0.1, -0.05) is 18.2 Å². The van der Waals surface area contributed by atoms with E-state index in [4.69, 9.17) is 4.74 Å². The highest BCUT2D eigenvalue weighted by Gasteiger charge is 2.28. The third-order valence-electron chi connectivity index (χ3n) is 3.92. The zero-order valence-corrected chi connectivity index (χ0v) is 12.0. The summed E-state index contributed by atoms with van der Waals surface area (Å²) in [5, 5.41) is 3.62. The average molecular weight is 260 g/mol. The summed E-state index contributed by atoms with van der Waals surface area (Å²) in [6.45, 7) is 8.10. The van der Waals surface area contributed by atoms with Crippen LogP contribution in [0.2, 0.25) is 0 Å². The zero-order chi connectivity index (χ0) is 13.3. The molecular formula is C16H24N2O. The molecule has 1 aliphatic heterocycles. The molecule has 1 aliphatic carbocycles. The normalized spacial score (nSPS) is 22.5. The number of rotatable bonds is 4. The predicted molar refractivity (Wildman–Crippen MR) is 78.5 cm³/mol. The summed E-state index contributed by atoms with van der Waals surface area (Å²) in [4.78, 5) is 2.47. The molecule has 1 saturated carbocycles. The Morgan fingerprint density at radius 3 is 2.84 bits per heavy atom. The number of ether oxygens (including phenoxy) is 1. The second-order valence-corrected chi connectivity index (χ2v) is 6.31. The Morgan fingerprint density at radius 1 is 1.32 bits per heavy atom. The van der Waals surface area contributed by atoms with Gasteiger partial charge in [-0.15, -0.1) is 0 Å². The van der Waals surface area contributed by atoms with Crippen molar-refractivity contribution >= 4 is 5.69 Å². The lowest BCUT2D eigenvalue weighted by atomic mass is 10.0. The molecule has 1 N–H and O–H groups in total. The van der Waals surface area contributed by atoms with Crippen LogP contribution < -0.4 is 10.2 Å². The van der Waals surface area contributed by atoms with E-state index in [1.54, 1.807) is 0 Å². The first-order valence-corrected chi connectivity index (χ1v) is 7.34. The van der Waals surface area contributed by atoms with Gasteiger partial charge in [0.1, 0.15) is 0 Å². The number of hydrogen-bond acceptors (Lipinski definition) is 3. The van der Waals surface area contributed by atoms with Crippen LogP contribution in [0.1, 0.15) is 32.3 Å². The van der Waals surface area contributed by atoms with E-state index in [2.05, 4.69) is 48.3 Å². The smallest absolute Gasteiger partial charge is 0.0801 e. The zero-order valence-electron chi connectivity index (χ0n) is 12.0. The van der Waals surface area contributed by atoms with Crippen LogP contribution in [0.4, 0.5) is 5.69 Å². The molecule has 3 heteroatoms. The van der Waals surface area contributed by atoms with E-state index in [1.165, 1.54) is 24.1 Å². The highest BCUT2D eigenvalue weighted by Crippen LogP contribution is 2.27. The van der Waals surface area contributed by atoms with E-state index in [0.717, 1.165) is 32.3 Å². The van der Waals surface area contributed by atoms with Crippen molar-refractivity contribution in [3.8, 4) is 0 Å². The molecule has 19 heavy (non-hydrogen) atoms. The van der Waals surface area contributed by atoms with Crippen LogP contribution in [0.15, 0.2) is 24.3 Å². The van der Waals surface area contributed by atoms with Crippen LogP contribution in [0.25, 0.3) is 0 Å². The Morgan fingerprint density at radius 2 is 2.11 bits per heavy atom. The summed E-state index contributed by atoms with van der Waals surface area (Å²) in [5.74, 6) is 0. The quantitative estimate of drug-likeness (QED) is 0.900. The van der Waals surface area contributed by atoms with Crippen molar-refractivity contribution in [3.05, 3.63) is 29.8 Å². The van der Waals surface area contributed by atoms with Gasteiger partial charge in [0.25, 0.3) is 0 Å². The number of nitrogens with zero attached hydrogens (tertiary/aromatic N) is 1. The van der Waals surface area contributed by atoms with Crippen LogP contribution >= 0.6 is 0 Å². The van der Waals surface area contributed by atoms with Crippen molar-refractivity contribution in [1.82, 2.24) is 5.32 Å². The SMILES string of the molecule is CC1(C)CN(c2ccccc2CNC2CC2)CCO1. The van der Waals surface area contributed by atoms with Gasteiger partial charge in [-0.3, -0.25) is 0 Å². The average Bonchev–Trinajstić information content (AvgIpc) is 3.19. The first-order chi connectivity index (χ1) is 9.14. The maximum atomic E-state index is 5.81. The van der Waals surface area contributed by atoms with E-state index in [9.17, 15) is 0 Å². The number of benzene rings is 1. The van der Waals surface area contributed by atoms with Gasteiger partial charge in [0.05, 0.1) is 12.2 Å². The van der Waals surface area contributed by atoms with E-state index in [-0.39, 0.29) is 5.60 Å². The molecule has 2 aliphatic rings. The van der Waals surface area contributed by atoms with Crippen molar-refractivity contribution in [1.29, 1.82) is 0 Å². The Bertz CT molecular complexity index is 440. The van der Waals surface area contributed by atoms with Crippen LogP contribution in [0, 0.1) is 0 Å². The van der Waals surface area contributed by atoms with Crippen LogP contribution in [-0.4, -0.2) is 31.3 Å². The minimum Gasteiger partial charge on any atom is -0.372 e. The highest BCUT2D eigenvalue weighted by molar-refractivity contribution is 5.54. The molecule has 104 valence electrons. The first-order valence-electron chi connectivity index (χ1n) is 7.34. The second kappa shape index (κ2) is 5.14. The molecule has 0 bridgehead atoms. The summed E-state index contributed by atoms with van der Waals surface area (Å²) in [7, 11) is 0. The maximum Gasteiger partial charge on any atom is 0.0801 e. The molecule has 0 unspecified atom stereocenters. The van der Waals surface area contributed by atoms with Gasteiger partial charge in [0, 0.05) is 31.4 Å². The van der Waals surface area contributed by atoms with Crippen molar-refractivity contribution in [3.63, 3.8) is 0 Å². The number of para-hydroxylation sites is 1. The molecule has 1 aromatic carbocycles.